The molecule has 1 heterocycles. The van der Waals surface area contributed by atoms with Crippen molar-refractivity contribution in [3.8, 4) is 0 Å². The molecule has 84 valence electrons. The van der Waals surface area contributed by atoms with E-state index in [1.54, 1.807) is 23.1 Å². The topological polar surface area (TPSA) is 17.1 Å². The summed E-state index contributed by atoms with van der Waals surface area (Å²) in [6.45, 7) is 3.83. The summed E-state index contributed by atoms with van der Waals surface area (Å²) in [7, 11) is 0. The van der Waals surface area contributed by atoms with Gasteiger partial charge in [0.25, 0.3) is 0 Å². The molecular weight excluding hydrogens is 248 g/mol. The highest BCUT2D eigenvalue weighted by atomic mass is 32.2. The molecule has 0 saturated heterocycles. The molecule has 0 radical (unpaired) electrons. The summed E-state index contributed by atoms with van der Waals surface area (Å²) < 4.78 is 2.43. The molecule has 0 unspecified atom stereocenters. The average Bonchev–Trinajstić information content (AvgIpc) is 2.82. The molecule has 3 rings (SSSR count). The molecule has 1 aliphatic rings. The highest BCUT2D eigenvalue weighted by Gasteiger charge is 2.19. The number of hydrogen-bond acceptors (Lipinski definition) is 3. The minimum absolute atomic E-state index is 0.192. The number of carbonyl (C=O) groups excluding carboxylic acids is 1. The van der Waals surface area contributed by atoms with Crippen molar-refractivity contribution in [3.05, 3.63) is 53.5 Å². The van der Waals surface area contributed by atoms with E-state index in [1.807, 2.05) is 18.2 Å². The first kappa shape index (κ1) is 10.8. The van der Waals surface area contributed by atoms with Gasteiger partial charge in [-0.05, 0) is 29.2 Å². The quantitative estimate of drug-likeness (QED) is 0.794. The summed E-state index contributed by atoms with van der Waals surface area (Å²) in [6, 6.07) is 10.4. The SMILES string of the molecule is C=C1C=C(Sc2cc3ccccc3s2)C(=O)C1. The molecule has 0 saturated carbocycles. The Hall–Kier alpha value is -1.32. The van der Waals surface area contributed by atoms with Crippen LogP contribution in [0.25, 0.3) is 10.1 Å². The summed E-state index contributed by atoms with van der Waals surface area (Å²) in [5.41, 5.74) is 0.915. The smallest absolute Gasteiger partial charge is 0.173 e. The molecule has 1 aromatic carbocycles. The third kappa shape index (κ3) is 2.08. The van der Waals surface area contributed by atoms with Gasteiger partial charge in [0.2, 0.25) is 0 Å². The Morgan fingerprint density at radius 3 is 2.82 bits per heavy atom. The van der Waals surface area contributed by atoms with Gasteiger partial charge in [0.15, 0.2) is 5.78 Å². The molecule has 1 aromatic heterocycles. The molecule has 0 amide bonds. The van der Waals surface area contributed by atoms with E-state index in [0.29, 0.717) is 6.42 Å². The average molecular weight is 258 g/mol. The van der Waals surface area contributed by atoms with Crippen LogP contribution in [-0.4, -0.2) is 5.78 Å². The molecule has 17 heavy (non-hydrogen) atoms. The van der Waals surface area contributed by atoms with E-state index in [9.17, 15) is 4.79 Å². The van der Waals surface area contributed by atoms with Gasteiger partial charge in [0.1, 0.15) is 0 Å². The first-order valence-electron chi connectivity index (χ1n) is 5.31. The third-order valence-electron chi connectivity index (χ3n) is 2.61. The fraction of sp³-hybridized carbons (Fsp3) is 0.0714. The van der Waals surface area contributed by atoms with E-state index in [0.717, 1.165) is 10.5 Å². The number of thioether (sulfide) groups is 1. The van der Waals surface area contributed by atoms with Gasteiger partial charge in [-0.1, -0.05) is 36.5 Å². The van der Waals surface area contributed by atoms with Crippen molar-refractivity contribution < 1.29 is 4.79 Å². The number of allylic oxidation sites excluding steroid dienone is 3. The number of rotatable bonds is 2. The number of hydrogen-bond donors (Lipinski definition) is 0. The van der Waals surface area contributed by atoms with E-state index in [1.165, 1.54) is 14.3 Å². The molecule has 1 aliphatic carbocycles. The summed E-state index contributed by atoms with van der Waals surface area (Å²) in [4.78, 5) is 12.5. The van der Waals surface area contributed by atoms with Crippen LogP contribution in [0.3, 0.4) is 0 Å². The fourth-order valence-electron chi connectivity index (χ4n) is 1.81. The van der Waals surface area contributed by atoms with E-state index in [-0.39, 0.29) is 5.78 Å². The number of fused-ring (bicyclic) bond motifs is 1. The highest BCUT2D eigenvalue weighted by molar-refractivity contribution is 8.05. The zero-order chi connectivity index (χ0) is 11.8. The van der Waals surface area contributed by atoms with Gasteiger partial charge in [0.05, 0.1) is 9.11 Å². The molecule has 0 bridgehead atoms. The van der Waals surface area contributed by atoms with Crippen LogP contribution in [0.5, 0.6) is 0 Å². The van der Waals surface area contributed by atoms with E-state index in [2.05, 4.69) is 24.8 Å². The Kier molecular flexibility index (Phi) is 2.65. The Labute approximate surface area is 108 Å². The molecular formula is C14H10OS2. The van der Waals surface area contributed by atoms with Crippen LogP contribution in [0.2, 0.25) is 0 Å². The summed E-state index contributed by atoms with van der Waals surface area (Å²) >= 11 is 3.29. The Bertz CT molecular complexity index is 616. The minimum Gasteiger partial charge on any atom is -0.293 e. The van der Waals surface area contributed by atoms with Crippen molar-refractivity contribution in [1.29, 1.82) is 0 Å². The summed E-state index contributed by atoms with van der Waals surface area (Å²) in [5, 5.41) is 1.24. The lowest BCUT2D eigenvalue weighted by Gasteiger charge is -1.95. The molecule has 3 heteroatoms. The number of Topliss-reactive ketones (excluding diaryl/α,β-unsaturated/α-hetero) is 1. The lowest BCUT2D eigenvalue weighted by Crippen LogP contribution is -1.90. The number of thiophene rings is 1. The van der Waals surface area contributed by atoms with Crippen molar-refractivity contribution in [2.45, 2.75) is 10.6 Å². The first-order valence-corrected chi connectivity index (χ1v) is 6.95. The van der Waals surface area contributed by atoms with Crippen molar-refractivity contribution in [2.75, 3.05) is 0 Å². The predicted octanol–water partition coefficient (Wildman–Crippen LogP) is 4.41. The van der Waals surface area contributed by atoms with E-state index < -0.39 is 0 Å². The largest absolute Gasteiger partial charge is 0.293 e. The fourth-order valence-corrected chi connectivity index (χ4v) is 4.13. The van der Waals surface area contributed by atoms with Crippen LogP contribution in [0.1, 0.15) is 6.42 Å². The second-order valence-electron chi connectivity index (χ2n) is 3.97. The van der Waals surface area contributed by atoms with Crippen LogP contribution < -0.4 is 0 Å². The lowest BCUT2D eigenvalue weighted by molar-refractivity contribution is -0.113. The number of ketones is 1. The standard InChI is InChI=1S/C14H10OS2/c1-9-6-11(15)13(7-9)17-14-8-10-4-2-3-5-12(10)16-14/h2-5,7-8H,1,6H2. The van der Waals surface area contributed by atoms with Gasteiger partial charge in [-0.2, -0.15) is 0 Å². The normalized spacial score (nSPS) is 15.6. The summed E-state index contributed by atoms with van der Waals surface area (Å²) in [5.74, 6) is 0.192. The van der Waals surface area contributed by atoms with Crippen LogP contribution >= 0.6 is 23.1 Å². The second kappa shape index (κ2) is 4.17. The molecule has 0 spiro atoms. The number of benzene rings is 1. The van der Waals surface area contributed by atoms with Crippen LogP contribution in [-0.2, 0) is 4.79 Å². The second-order valence-corrected chi connectivity index (χ2v) is 6.40. The van der Waals surface area contributed by atoms with Gasteiger partial charge in [-0.25, -0.2) is 0 Å². The van der Waals surface area contributed by atoms with Crippen molar-refractivity contribution in [3.63, 3.8) is 0 Å². The molecule has 0 N–H and O–H groups in total. The lowest BCUT2D eigenvalue weighted by atomic mass is 10.3. The Morgan fingerprint density at radius 2 is 2.12 bits per heavy atom. The maximum atomic E-state index is 11.7. The maximum absolute atomic E-state index is 11.7. The molecule has 1 nitrogen and oxygen atoms in total. The van der Waals surface area contributed by atoms with Crippen LogP contribution in [0.4, 0.5) is 0 Å². The van der Waals surface area contributed by atoms with Crippen LogP contribution in [0.15, 0.2) is 57.7 Å². The van der Waals surface area contributed by atoms with E-state index in [4.69, 9.17) is 0 Å². The van der Waals surface area contributed by atoms with Gasteiger partial charge in [-0.15, -0.1) is 11.3 Å². The first-order chi connectivity index (χ1) is 8.22. The minimum atomic E-state index is 0.192. The van der Waals surface area contributed by atoms with Gasteiger partial charge in [0, 0.05) is 11.1 Å². The molecule has 0 aliphatic heterocycles. The number of carbonyl (C=O) groups is 1. The van der Waals surface area contributed by atoms with Crippen molar-refractivity contribution in [1.82, 2.24) is 0 Å². The van der Waals surface area contributed by atoms with Gasteiger partial charge >= 0.3 is 0 Å². The highest BCUT2D eigenvalue weighted by Crippen LogP contribution is 2.39. The maximum Gasteiger partial charge on any atom is 0.173 e. The Balaban J connectivity index is 1.93. The van der Waals surface area contributed by atoms with E-state index >= 15 is 0 Å². The zero-order valence-corrected chi connectivity index (χ0v) is 10.7. The molecule has 0 atom stereocenters. The molecule has 2 aromatic rings. The van der Waals surface area contributed by atoms with Crippen molar-refractivity contribution in [2.24, 2.45) is 0 Å². The van der Waals surface area contributed by atoms with Crippen LogP contribution in [0, 0.1) is 0 Å². The van der Waals surface area contributed by atoms with Gasteiger partial charge < -0.3 is 0 Å². The third-order valence-corrected chi connectivity index (χ3v) is 4.91. The van der Waals surface area contributed by atoms with Gasteiger partial charge in [-0.3, -0.25) is 4.79 Å². The molecule has 0 fully saturated rings. The predicted molar refractivity (Wildman–Crippen MR) is 74.5 cm³/mol. The van der Waals surface area contributed by atoms with Crippen molar-refractivity contribution >= 4 is 39.0 Å². The monoisotopic (exact) mass is 258 g/mol. The Morgan fingerprint density at radius 1 is 1.29 bits per heavy atom. The summed E-state index contributed by atoms with van der Waals surface area (Å²) in [6.07, 6.45) is 2.38. The zero-order valence-electron chi connectivity index (χ0n) is 9.10.